The second kappa shape index (κ2) is 8.03. The van der Waals surface area contributed by atoms with Crippen molar-refractivity contribution in [3.8, 4) is 11.5 Å². The van der Waals surface area contributed by atoms with Crippen molar-refractivity contribution in [2.24, 2.45) is 0 Å². The Morgan fingerprint density at radius 3 is 2.54 bits per heavy atom. The van der Waals surface area contributed by atoms with Crippen LogP contribution < -0.4 is 4.74 Å². The second-order valence-corrected chi connectivity index (χ2v) is 7.18. The van der Waals surface area contributed by atoms with Crippen LogP contribution >= 0.6 is 35.0 Å². The quantitative estimate of drug-likeness (QED) is 0.717. The van der Waals surface area contributed by atoms with E-state index in [-0.39, 0.29) is 35.1 Å². The minimum atomic E-state index is -0.385. The third-order valence-electron chi connectivity index (χ3n) is 3.54. The summed E-state index contributed by atoms with van der Waals surface area (Å²) < 4.78 is 5.52. The highest BCUT2D eigenvalue weighted by atomic mass is 35.5. The molecule has 0 saturated carbocycles. The number of aromatic hydroxyl groups is 1. The van der Waals surface area contributed by atoms with Crippen LogP contribution in [0.15, 0.2) is 47.4 Å². The molecule has 0 bridgehead atoms. The van der Waals surface area contributed by atoms with Gasteiger partial charge in [-0.3, -0.25) is 14.5 Å². The Morgan fingerprint density at radius 1 is 1.12 bits per heavy atom. The lowest BCUT2D eigenvalue weighted by molar-refractivity contribution is -0.123. The highest BCUT2D eigenvalue weighted by Gasteiger charge is 2.34. The van der Waals surface area contributed by atoms with Crippen molar-refractivity contribution in [2.45, 2.75) is 0 Å². The maximum atomic E-state index is 12.4. The van der Waals surface area contributed by atoms with Crippen molar-refractivity contribution in [3.05, 3.63) is 63.0 Å². The number of amides is 2. The molecular formula is C18H13Cl2NO4S. The van der Waals surface area contributed by atoms with Gasteiger partial charge in [0.1, 0.15) is 18.1 Å². The summed E-state index contributed by atoms with van der Waals surface area (Å²) in [6, 6.07) is 11.4. The summed E-state index contributed by atoms with van der Waals surface area (Å²) in [4.78, 5) is 25.9. The molecule has 2 amide bonds. The Morgan fingerprint density at radius 2 is 1.85 bits per heavy atom. The van der Waals surface area contributed by atoms with Crippen molar-refractivity contribution < 1.29 is 19.4 Å². The summed E-state index contributed by atoms with van der Waals surface area (Å²) in [5.74, 6) is 0.177. The SMILES string of the molecule is O=C1S/C(=C\c2ccc(O)c(Cl)c2)C(=O)N1CCOc1ccc(Cl)cc1. The number of imide groups is 1. The van der Waals surface area contributed by atoms with E-state index in [9.17, 15) is 14.7 Å². The lowest BCUT2D eigenvalue weighted by atomic mass is 10.2. The molecule has 1 heterocycles. The number of hydrogen-bond acceptors (Lipinski definition) is 5. The number of halogens is 2. The zero-order valence-corrected chi connectivity index (χ0v) is 15.6. The first-order valence-corrected chi connectivity index (χ1v) is 9.13. The van der Waals surface area contributed by atoms with Crippen LogP contribution in [-0.2, 0) is 4.79 Å². The lowest BCUT2D eigenvalue weighted by Gasteiger charge is -2.13. The van der Waals surface area contributed by atoms with Crippen LogP contribution in [0.25, 0.3) is 6.08 Å². The largest absolute Gasteiger partial charge is 0.506 e. The average molecular weight is 410 g/mol. The molecule has 1 aliphatic rings. The number of phenols is 1. The minimum Gasteiger partial charge on any atom is -0.506 e. The molecule has 1 N–H and O–H groups in total. The number of nitrogens with zero attached hydrogens (tertiary/aromatic N) is 1. The van der Waals surface area contributed by atoms with Crippen LogP contribution in [0.5, 0.6) is 11.5 Å². The number of carbonyl (C=O) groups excluding carboxylic acids is 2. The van der Waals surface area contributed by atoms with Gasteiger partial charge in [0.2, 0.25) is 0 Å². The molecule has 0 unspecified atom stereocenters. The van der Waals surface area contributed by atoms with Crippen LogP contribution in [0.3, 0.4) is 0 Å². The molecule has 8 heteroatoms. The fraction of sp³-hybridized carbons (Fsp3) is 0.111. The Kier molecular flexibility index (Phi) is 5.76. The van der Waals surface area contributed by atoms with E-state index in [1.807, 2.05) is 0 Å². The fourth-order valence-corrected chi connectivity index (χ4v) is 3.42. The molecule has 2 aromatic carbocycles. The standard InChI is InChI=1S/C18H13Cl2NO4S/c19-12-2-4-13(5-3-12)25-8-7-21-17(23)16(26-18(21)24)10-11-1-6-15(22)14(20)9-11/h1-6,9-10,22H,7-8H2/b16-10-. The number of benzene rings is 2. The molecule has 3 rings (SSSR count). The normalized spacial score (nSPS) is 15.8. The van der Waals surface area contributed by atoms with Gasteiger partial charge in [0, 0.05) is 5.02 Å². The van der Waals surface area contributed by atoms with Gasteiger partial charge in [0.25, 0.3) is 11.1 Å². The van der Waals surface area contributed by atoms with E-state index in [0.29, 0.717) is 21.2 Å². The van der Waals surface area contributed by atoms with E-state index in [0.717, 1.165) is 16.7 Å². The minimum absolute atomic E-state index is 0.0451. The molecule has 0 aliphatic carbocycles. The van der Waals surface area contributed by atoms with Gasteiger partial charge >= 0.3 is 0 Å². The molecule has 1 saturated heterocycles. The molecule has 0 aromatic heterocycles. The zero-order chi connectivity index (χ0) is 18.7. The van der Waals surface area contributed by atoms with Gasteiger partial charge in [0.15, 0.2) is 0 Å². The van der Waals surface area contributed by atoms with E-state index < -0.39 is 0 Å². The molecule has 1 fully saturated rings. The molecule has 0 atom stereocenters. The molecule has 1 aliphatic heterocycles. The first kappa shape index (κ1) is 18.6. The van der Waals surface area contributed by atoms with Crippen LogP contribution in [0.4, 0.5) is 4.79 Å². The predicted molar refractivity (Wildman–Crippen MR) is 103 cm³/mol. The lowest BCUT2D eigenvalue weighted by Crippen LogP contribution is -2.32. The monoisotopic (exact) mass is 409 g/mol. The van der Waals surface area contributed by atoms with Crippen molar-refractivity contribution in [2.75, 3.05) is 13.2 Å². The number of ether oxygens (including phenoxy) is 1. The van der Waals surface area contributed by atoms with E-state index in [4.69, 9.17) is 27.9 Å². The van der Waals surface area contributed by atoms with Gasteiger partial charge in [-0.05, 0) is 59.8 Å². The van der Waals surface area contributed by atoms with Crippen molar-refractivity contribution in [1.29, 1.82) is 0 Å². The van der Waals surface area contributed by atoms with Crippen LogP contribution in [0, 0.1) is 0 Å². The zero-order valence-electron chi connectivity index (χ0n) is 13.3. The highest BCUT2D eigenvalue weighted by Crippen LogP contribution is 2.33. The van der Waals surface area contributed by atoms with Gasteiger partial charge < -0.3 is 9.84 Å². The summed E-state index contributed by atoms with van der Waals surface area (Å²) in [5, 5.41) is 9.86. The average Bonchev–Trinajstić information content (AvgIpc) is 2.87. The number of thioether (sulfide) groups is 1. The molecule has 26 heavy (non-hydrogen) atoms. The number of phenolic OH excluding ortho intramolecular Hbond substituents is 1. The first-order valence-electron chi connectivity index (χ1n) is 7.56. The fourth-order valence-electron chi connectivity index (χ4n) is 2.24. The Bertz CT molecular complexity index is 883. The van der Waals surface area contributed by atoms with Crippen LogP contribution in [0.1, 0.15) is 5.56 Å². The summed E-state index contributed by atoms with van der Waals surface area (Å²) >= 11 is 12.5. The van der Waals surface area contributed by atoms with Crippen LogP contribution in [-0.4, -0.2) is 34.3 Å². The maximum absolute atomic E-state index is 12.4. The van der Waals surface area contributed by atoms with E-state index in [2.05, 4.69) is 0 Å². The van der Waals surface area contributed by atoms with E-state index in [1.165, 1.54) is 12.1 Å². The Labute approximate surface area is 164 Å². The molecule has 0 spiro atoms. The van der Waals surface area contributed by atoms with Gasteiger partial charge in [-0.25, -0.2) is 0 Å². The third kappa shape index (κ3) is 4.33. The molecular weight excluding hydrogens is 397 g/mol. The van der Waals surface area contributed by atoms with Crippen LogP contribution in [0.2, 0.25) is 10.0 Å². The maximum Gasteiger partial charge on any atom is 0.293 e. The summed E-state index contributed by atoms with van der Waals surface area (Å²) in [7, 11) is 0. The number of hydrogen-bond donors (Lipinski definition) is 1. The summed E-state index contributed by atoms with van der Waals surface area (Å²) in [5.41, 5.74) is 0.621. The van der Waals surface area contributed by atoms with E-state index in [1.54, 1.807) is 36.4 Å². The second-order valence-electron chi connectivity index (χ2n) is 5.35. The third-order valence-corrected chi connectivity index (χ3v) is 5.00. The van der Waals surface area contributed by atoms with Gasteiger partial charge in [-0.1, -0.05) is 29.3 Å². The highest BCUT2D eigenvalue weighted by molar-refractivity contribution is 8.18. The predicted octanol–water partition coefficient (Wildman–Crippen LogP) is 4.81. The topological polar surface area (TPSA) is 66.8 Å². The smallest absolute Gasteiger partial charge is 0.293 e. The number of carbonyl (C=O) groups is 2. The molecule has 134 valence electrons. The Hall–Kier alpha value is -2.15. The van der Waals surface area contributed by atoms with Crippen molar-refractivity contribution in [1.82, 2.24) is 4.90 Å². The van der Waals surface area contributed by atoms with E-state index >= 15 is 0 Å². The first-order chi connectivity index (χ1) is 12.4. The van der Waals surface area contributed by atoms with Gasteiger partial charge in [-0.2, -0.15) is 0 Å². The summed E-state index contributed by atoms with van der Waals surface area (Å²) in [6.45, 7) is 0.318. The summed E-state index contributed by atoms with van der Waals surface area (Å²) in [6.07, 6.45) is 1.57. The Balaban J connectivity index is 1.63. The van der Waals surface area contributed by atoms with Gasteiger partial charge in [0.05, 0.1) is 16.5 Å². The van der Waals surface area contributed by atoms with Crippen molar-refractivity contribution >= 4 is 52.2 Å². The molecule has 5 nitrogen and oxygen atoms in total. The van der Waals surface area contributed by atoms with Gasteiger partial charge in [-0.15, -0.1) is 0 Å². The molecule has 0 radical (unpaired) electrons. The number of rotatable bonds is 5. The molecule has 2 aromatic rings. The van der Waals surface area contributed by atoms with Crippen molar-refractivity contribution in [3.63, 3.8) is 0 Å².